The third kappa shape index (κ3) is 7.31. The van der Waals surface area contributed by atoms with E-state index in [4.69, 9.17) is 22.1 Å². The van der Waals surface area contributed by atoms with Gasteiger partial charge in [0.15, 0.2) is 0 Å². The van der Waals surface area contributed by atoms with E-state index in [1.54, 1.807) is 17.0 Å². The van der Waals surface area contributed by atoms with E-state index in [1.165, 1.54) is 43.2 Å². The predicted octanol–water partition coefficient (Wildman–Crippen LogP) is 8.43. The lowest BCUT2D eigenvalue weighted by molar-refractivity contribution is -0.122. The Labute approximate surface area is 250 Å². The molecule has 4 aromatic rings. The molecule has 0 atom stereocenters. The topological polar surface area (TPSA) is 47.4 Å². The maximum atomic E-state index is 13.3. The van der Waals surface area contributed by atoms with Gasteiger partial charge in [0.2, 0.25) is 0 Å². The Bertz CT molecular complexity index is 1520. The zero-order valence-electron chi connectivity index (χ0n) is 23.0. The molecule has 0 radical (unpaired) electrons. The number of nitrogens with zero attached hydrogens (tertiary/aromatic N) is 3. The molecular formula is C33H32FN3O2S2. The van der Waals surface area contributed by atoms with Crippen molar-refractivity contribution in [3.8, 4) is 22.7 Å². The molecule has 0 N–H and O–H groups in total. The maximum Gasteiger partial charge on any atom is 0.266 e. The minimum atomic E-state index is -0.270. The van der Waals surface area contributed by atoms with Crippen molar-refractivity contribution in [1.29, 1.82) is 0 Å². The van der Waals surface area contributed by atoms with E-state index in [2.05, 4.69) is 6.92 Å². The summed E-state index contributed by atoms with van der Waals surface area (Å²) in [6, 6.07) is 23.8. The molecule has 0 spiro atoms. The largest absolute Gasteiger partial charge is 0.489 e. The molecule has 1 amide bonds. The van der Waals surface area contributed by atoms with Crippen LogP contribution in [-0.4, -0.2) is 31.5 Å². The molecule has 5 nitrogen and oxygen atoms in total. The minimum absolute atomic E-state index is 0.0431. The van der Waals surface area contributed by atoms with Crippen molar-refractivity contribution in [2.45, 2.75) is 45.6 Å². The molecule has 0 aliphatic carbocycles. The minimum Gasteiger partial charge on any atom is -0.489 e. The third-order valence-corrected chi connectivity index (χ3v) is 8.23. The fourth-order valence-corrected chi connectivity index (χ4v) is 5.89. The number of amides is 1. The number of ether oxygens (including phenoxy) is 1. The zero-order valence-corrected chi connectivity index (χ0v) is 24.6. The lowest BCUT2D eigenvalue weighted by atomic mass is 10.1. The van der Waals surface area contributed by atoms with Crippen LogP contribution in [0.5, 0.6) is 5.75 Å². The fraction of sp³-hybridized carbons (Fsp3) is 0.242. The molecule has 3 aromatic carbocycles. The highest BCUT2D eigenvalue weighted by Crippen LogP contribution is 2.35. The summed E-state index contributed by atoms with van der Waals surface area (Å²) in [5.74, 6) is 0.383. The van der Waals surface area contributed by atoms with Crippen LogP contribution in [0, 0.1) is 5.82 Å². The molecule has 0 unspecified atom stereocenters. The number of carbonyl (C=O) groups is 1. The molecule has 1 aliphatic rings. The van der Waals surface area contributed by atoms with Gasteiger partial charge >= 0.3 is 0 Å². The lowest BCUT2D eigenvalue weighted by Gasteiger charge is -2.13. The van der Waals surface area contributed by atoms with Crippen LogP contribution < -0.4 is 4.74 Å². The van der Waals surface area contributed by atoms with E-state index < -0.39 is 0 Å². The highest BCUT2D eigenvalue weighted by molar-refractivity contribution is 8.26. The van der Waals surface area contributed by atoms with Gasteiger partial charge in [0.25, 0.3) is 5.91 Å². The molecule has 0 saturated carbocycles. The average molecular weight is 586 g/mol. The first-order valence-electron chi connectivity index (χ1n) is 13.9. The molecule has 1 saturated heterocycles. The Balaban J connectivity index is 1.37. The van der Waals surface area contributed by atoms with Gasteiger partial charge in [-0.25, -0.2) is 9.07 Å². The third-order valence-electron chi connectivity index (χ3n) is 6.86. The number of benzene rings is 3. The van der Waals surface area contributed by atoms with Gasteiger partial charge in [-0.05, 0) is 66.6 Å². The van der Waals surface area contributed by atoms with Gasteiger partial charge in [-0.3, -0.25) is 9.69 Å². The Morgan fingerprint density at radius 2 is 1.68 bits per heavy atom. The Morgan fingerprint density at radius 3 is 2.41 bits per heavy atom. The summed E-state index contributed by atoms with van der Waals surface area (Å²) in [5.41, 5.74) is 4.29. The molecule has 2 heterocycles. The fourth-order valence-electron chi connectivity index (χ4n) is 4.59. The average Bonchev–Trinajstić information content (AvgIpc) is 3.53. The van der Waals surface area contributed by atoms with E-state index >= 15 is 0 Å². The van der Waals surface area contributed by atoms with Crippen molar-refractivity contribution >= 4 is 40.3 Å². The first kappa shape index (κ1) is 28.8. The summed E-state index contributed by atoms with van der Waals surface area (Å²) in [4.78, 5) is 15.6. The van der Waals surface area contributed by atoms with Crippen LogP contribution in [0.3, 0.4) is 0 Å². The number of aromatic nitrogens is 2. The Hall–Kier alpha value is -3.75. The number of carbonyl (C=O) groups excluding carboxylic acids is 1. The number of hydrogen-bond acceptors (Lipinski definition) is 5. The molecule has 1 aliphatic heterocycles. The molecule has 210 valence electrons. The highest BCUT2D eigenvalue weighted by Gasteiger charge is 2.32. The van der Waals surface area contributed by atoms with Crippen molar-refractivity contribution in [1.82, 2.24) is 14.7 Å². The van der Waals surface area contributed by atoms with Gasteiger partial charge in [-0.1, -0.05) is 86.9 Å². The van der Waals surface area contributed by atoms with E-state index in [0.717, 1.165) is 40.9 Å². The number of rotatable bonds is 12. The molecule has 8 heteroatoms. The summed E-state index contributed by atoms with van der Waals surface area (Å²) in [7, 11) is 0. The van der Waals surface area contributed by atoms with Gasteiger partial charge in [0, 0.05) is 23.9 Å². The van der Waals surface area contributed by atoms with Crippen LogP contribution >= 0.6 is 24.0 Å². The number of unbranched alkanes of at least 4 members (excludes halogenated alkanes) is 4. The smallest absolute Gasteiger partial charge is 0.266 e. The Morgan fingerprint density at radius 1 is 0.951 bits per heavy atom. The Kier molecular flexibility index (Phi) is 9.64. The molecule has 0 bridgehead atoms. The number of hydrogen-bond donors (Lipinski definition) is 0. The van der Waals surface area contributed by atoms with Gasteiger partial charge in [-0.2, -0.15) is 5.10 Å². The van der Waals surface area contributed by atoms with E-state index in [0.29, 0.717) is 28.1 Å². The monoisotopic (exact) mass is 585 g/mol. The van der Waals surface area contributed by atoms with E-state index in [1.807, 2.05) is 71.6 Å². The van der Waals surface area contributed by atoms with Gasteiger partial charge in [-0.15, -0.1) is 0 Å². The number of thiocarbonyl (C=S) groups is 1. The quantitative estimate of drug-likeness (QED) is 0.0949. The van der Waals surface area contributed by atoms with Crippen molar-refractivity contribution in [3.05, 3.63) is 107 Å². The van der Waals surface area contributed by atoms with Gasteiger partial charge in [0.05, 0.1) is 16.3 Å². The summed E-state index contributed by atoms with van der Waals surface area (Å²) in [6.07, 6.45) is 9.48. The summed E-state index contributed by atoms with van der Waals surface area (Å²) in [5, 5.41) is 4.89. The van der Waals surface area contributed by atoms with Gasteiger partial charge < -0.3 is 4.74 Å². The number of thioether (sulfide) groups is 1. The van der Waals surface area contributed by atoms with Crippen molar-refractivity contribution in [3.63, 3.8) is 0 Å². The second-order valence-electron chi connectivity index (χ2n) is 9.90. The van der Waals surface area contributed by atoms with Crippen LogP contribution in [0.1, 0.15) is 50.2 Å². The van der Waals surface area contributed by atoms with Crippen LogP contribution in [-0.2, 0) is 11.4 Å². The summed E-state index contributed by atoms with van der Waals surface area (Å²) in [6.45, 7) is 3.19. The lowest BCUT2D eigenvalue weighted by Crippen LogP contribution is -2.29. The molecule has 5 rings (SSSR count). The maximum absolute atomic E-state index is 13.3. The number of halogens is 1. The number of para-hydroxylation sites is 1. The highest BCUT2D eigenvalue weighted by atomic mass is 32.2. The normalized spacial score (nSPS) is 14.3. The van der Waals surface area contributed by atoms with Crippen LogP contribution in [0.15, 0.2) is 90.0 Å². The molecule has 41 heavy (non-hydrogen) atoms. The van der Waals surface area contributed by atoms with Gasteiger partial charge in [0.1, 0.15) is 22.5 Å². The zero-order chi connectivity index (χ0) is 28.6. The SMILES string of the molecule is CCCCCCCN1C(=O)/C(=C/c2cn(-c3ccccc3)nc2-c2ccc(OCc3ccc(F)cc3)cc2)SC1=S. The first-order valence-corrected chi connectivity index (χ1v) is 15.1. The summed E-state index contributed by atoms with van der Waals surface area (Å²) >= 11 is 6.92. The van der Waals surface area contributed by atoms with E-state index in [-0.39, 0.29) is 11.7 Å². The standard InChI is InChI=1S/C33H32FN3O2S2/c1-2-3-4-5-9-20-36-32(38)30(41-33(36)40)21-26-22-37(28-10-7-6-8-11-28)35-31(26)25-14-18-29(19-15-25)39-23-24-12-16-27(34)17-13-24/h6-8,10-19,21-22H,2-5,9,20,23H2,1H3/b30-21-. The molecular weight excluding hydrogens is 554 g/mol. The van der Waals surface area contributed by atoms with Crippen LogP contribution in [0.2, 0.25) is 0 Å². The molecule has 1 fully saturated rings. The molecule has 1 aromatic heterocycles. The van der Waals surface area contributed by atoms with Crippen molar-refractivity contribution in [2.24, 2.45) is 0 Å². The van der Waals surface area contributed by atoms with E-state index in [9.17, 15) is 9.18 Å². The second-order valence-corrected chi connectivity index (χ2v) is 11.6. The van der Waals surface area contributed by atoms with Crippen molar-refractivity contribution < 1.29 is 13.9 Å². The summed E-state index contributed by atoms with van der Waals surface area (Å²) < 4.78 is 21.5. The predicted molar refractivity (Wildman–Crippen MR) is 168 cm³/mol. The van der Waals surface area contributed by atoms with Crippen LogP contribution in [0.4, 0.5) is 4.39 Å². The first-order chi connectivity index (χ1) is 20.0. The van der Waals surface area contributed by atoms with Crippen molar-refractivity contribution in [2.75, 3.05) is 6.54 Å². The van der Waals surface area contributed by atoms with Crippen LogP contribution in [0.25, 0.3) is 23.0 Å². The second kappa shape index (κ2) is 13.7.